The highest BCUT2D eigenvalue weighted by atomic mass is 79.9. The molecule has 13 heavy (non-hydrogen) atoms. The van der Waals surface area contributed by atoms with Gasteiger partial charge in [0.25, 0.3) is 0 Å². The van der Waals surface area contributed by atoms with Crippen LogP contribution < -0.4 is 0 Å². The monoisotopic (exact) mass is 239 g/mol. The molecule has 1 atom stereocenters. The SMILES string of the molecule is BrC[C@@H]1CN=C(c2ccccc2)O1. The second-order valence-corrected chi connectivity index (χ2v) is 3.55. The molecule has 0 aliphatic carbocycles. The van der Waals surface area contributed by atoms with E-state index in [0.29, 0.717) is 0 Å². The van der Waals surface area contributed by atoms with Gasteiger partial charge in [0.1, 0.15) is 6.10 Å². The molecular weight excluding hydrogens is 230 g/mol. The number of halogens is 1. The number of ether oxygens (including phenoxy) is 1. The summed E-state index contributed by atoms with van der Waals surface area (Å²) in [6.07, 6.45) is 0.204. The van der Waals surface area contributed by atoms with Crippen LogP contribution in [0, 0.1) is 0 Å². The predicted molar refractivity (Wildman–Crippen MR) is 56.5 cm³/mol. The van der Waals surface area contributed by atoms with E-state index in [-0.39, 0.29) is 6.10 Å². The first-order chi connectivity index (χ1) is 6.40. The van der Waals surface area contributed by atoms with Gasteiger partial charge in [-0.25, -0.2) is 4.99 Å². The van der Waals surface area contributed by atoms with Gasteiger partial charge in [0.2, 0.25) is 5.90 Å². The molecule has 0 bridgehead atoms. The van der Waals surface area contributed by atoms with Crippen LogP contribution >= 0.6 is 15.9 Å². The Balaban J connectivity index is 2.12. The maximum absolute atomic E-state index is 5.60. The lowest BCUT2D eigenvalue weighted by atomic mass is 10.2. The van der Waals surface area contributed by atoms with Gasteiger partial charge in [0.15, 0.2) is 0 Å². The number of nitrogens with zero attached hydrogens (tertiary/aromatic N) is 1. The van der Waals surface area contributed by atoms with Crippen molar-refractivity contribution in [3.8, 4) is 0 Å². The Bertz CT molecular complexity index is 310. The fourth-order valence-corrected chi connectivity index (χ4v) is 1.57. The van der Waals surface area contributed by atoms with Gasteiger partial charge >= 0.3 is 0 Å². The lowest BCUT2D eigenvalue weighted by Crippen LogP contribution is -2.14. The van der Waals surface area contributed by atoms with Gasteiger partial charge < -0.3 is 4.74 Å². The molecule has 3 heteroatoms. The van der Waals surface area contributed by atoms with Crippen molar-refractivity contribution in [3.05, 3.63) is 35.9 Å². The molecule has 0 spiro atoms. The van der Waals surface area contributed by atoms with Crippen LogP contribution in [0.1, 0.15) is 5.56 Å². The van der Waals surface area contributed by atoms with E-state index in [9.17, 15) is 0 Å². The summed E-state index contributed by atoms with van der Waals surface area (Å²) in [5.41, 5.74) is 1.06. The van der Waals surface area contributed by atoms with Crippen molar-refractivity contribution in [3.63, 3.8) is 0 Å². The highest BCUT2D eigenvalue weighted by Gasteiger charge is 2.18. The molecule has 1 aliphatic rings. The summed E-state index contributed by atoms with van der Waals surface area (Å²) < 4.78 is 5.60. The standard InChI is InChI=1S/C10H10BrNO/c11-6-9-7-12-10(13-9)8-4-2-1-3-5-8/h1-5,9H,6-7H2/t9-/m1/s1. The molecule has 2 nitrogen and oxygen atoms in total. The number of aliphatic imine (C=N–C) groups is 1. The highest BCUT2D eigenvalue weighted by Crippen LogP contribution is 2.13. The van der Waals surface area contributed by atoms with E-state index >= 15 is 0 Å². The zero-order chi connectivity index (χ0) is 9.10. The van der Waals surface area contributed by atoms with Crippen LogP contribution in [0.25, 0.3) is 0 Å². The van der Waals surface area contributed by atoms with E-state index in [0.717, 1.165) is 23.3 Å². The van der Waals surface area contributed by atoms with E-state index < -0.39 is 0 Å². The molecule has 68 valence electrons. The van der Waals surface area contributed by atoms with Crippen molar-refractivity contribution in [2.45, 2.75) is 6.10 Å². The van der Waals surface area contributed by atoms with Crippen LogP contribution in [-0.2, 0) is 4.74 Å². The molecule has 0 saturated carbocycles. The van der Waals surface area contributed by atoms with Crippen molar-refractivity contribution in [2.24, 2.45) is 4.99 Å². The molecule has 0 saturated heterocycles. The first-order valence-corrected chi connectivity index (χ1v) is 5.35. The molecular formula is C10H10BrNO. The van der Waals surface area contributed by atoms with Crippen molar-refractivity contribution in [1.29, 1.82) is 0 Å². The van der Waals surface area contributed by atoms with Crippen LogP contribution in [0.5, 0.6) is 0 Å². The summed E-state index contributed by atoms with van der Waals surface area (Å²) in [5.74, 6) is 0.769. The number of hydrogen-bond donors (Lipinski definition) is 0. The summed E-state index contributed by atoms with van der Waals surface area (Å²) in [7, 11) is 0. The zero-order valence-electron chi connectivity index (χ0n) is 7.11. The fraction of sp³-hybridized carbons (Fsp3) is 0.300. The third-order valence-electron chi connectivity index (χ3n) is 1.91. The van der Waals surface area contributed by atoms with E-state index in [1.54, 1.807) is 0 Å². The quantitative estimate of drug-likeness (QED) is 0.726. The highest BCUT2D eigenvalue weighted by molar-refractivity contribution is 9.09. The Morgan fingerprint density at radius 3 is 2.77 bits per heavy atom. The molecule has 1 aromatic rings. The first-order valence-electron chi connectivity index (χ1n) is 4.22. The van der Waals surface area contributed by atoms with E-state index in [1.807, 2.05) is 30.3 Å². The van der Waals surface area contributed by atoms with Crippen LogP contribution in [0.3, 0.4) is 0 Å². The average molecular weight is 240 g/mol. The molecule has 0 unspecified atom stereocenters. The molecule has 0 radical (unpaired) electrons. The lowest BCUT2D eigenvalue weighted by Gasteiger charge is -2.06. The molecule has 0 fully saturated rings. The number of hydrogen-bond acceptors (Lipinski definition) is 2. The van der Waals surface area contributed by atoms with Crippen molar-refractivity contribution >= 4 is 21.8 Å². The summed E-state index contributed by atoms with van der Waals surface area (Å²) >= 11 is 3.38. The summed E-state index contributed by atoms with van der Waals surface area (Å²) in [6.45, 7) is 0.759. The van der Waals surface area contributed by atoms with Gasteiger partial charge in [0, 0.05) is 10.9 Å². The van der Waals surface area contributed by atoms with Crippen molar-refractivity contribution in [1.82, 2.24) is 0 Å². The summed E-state index contributed by atoms with van der Waals surface area (Å²) in [6, 6.07) is 9.98. The molecule has 1 aliphatic heterocycles. The predicted octanol–water partition coefficient (Wildman–Crippen LogP) is 2.23. The van der Waals surface area contributed by atoms with Gasteiger partial charge in [-0.2, -0.15) is 0 Å². The van der Waals surface area contributed by atoms with Gasteiger partial charge in [-0.3, -0.25) is 0 Å². The van der Waals surface area contributed by atoms with Gasteiger partial charge in [0.05, 0.1) is 6.54 Å². The Kier molecular flexibility index (Phi) is 2.64. The largest absolute Gasteiger partial charge is 0.471 e. The van der Waals surface area contributed by atoms with Crippen LogP contribution in [0.2, 0.25) is 0 Å². The van der Waals surface area contributed by atoms with E-state index in [4.69, 9.17) is 4.74 Å². The minimum absolute atomic E-state index is 0.204. The maximum atomic E-state index is 5.60. The lowest BCUT2D eigenvalue weighted by molar-refractivity contribution is 0.252. The van der Waals surface area contributed by atoms with Crippen LogP contribution in [-0.4, -0.2) is 23.9 Å². The minimum atomic E-state index is 0.204. The maximum Gasteiger partial charge on any atom is 0.216 e. The minimum Gasteiger partial charge on any atom is -0.471 e. The third kappa shape index (κ3) is 1.91. The van der Waals surface area contributed by atoms with E-state index in [2.05, 4.69) is 20.9 Å². The molecule has 0 amide bonds. The Hall–Kier alpha value is -0.830. The third-order valence-corrected chi connectivity index (χ3v) is 2.63. The molecule has 0 N–H and O–H groups in total. The average Bonchev–Trinajstić information content (AvgIpc) is 2.67. The molecule has 1 heterocycles. The Morgan fingerprint density at radius 2 is 2.15 bits per heavy atom. The Labute approximate surface area is 85.8 Å². The van der Waals surface area contributed by atoms with Crippen LogP contribution in [0.4, 0.5) is 0 Å². The van der Waals surface area contributed by atoms with Gasteiger partial charge in [-0.05, 0) is 12.1 Å². The zero-order valence-corrected chi connectivity index (χ0v) is 8.70. The first kappa shape index (κ1) is 8.75. The van der Waals surface area contributed by atoms with Crippen LogP contribution in [0.15, 0.2) is 35.3 Å². The molecule has 1 aromatic carbocycles. The molecule has 2 rings (SSSR count). The summed E-state index contributed by atoms with van der Waals surface area (Å²) in [4.78, 5) is 4.32. The second kappa shape index (κ2) is 3.92. The molecule has 0 aromatic heterocycles. The number of benzene rings is 1. The number of alkyl halides is 1. The normalized spacial score (nSPS) is 21.0. The van der Waals surface area contributed by atoms with Gasteiger partial charge in [-0.15, -0.1) is 0 Å². The Morgan fingerprint density at radius 1 is 1.38 bits per heavy atom. The van der Waals surface area contributed by atoms with Crippen molar-refractivity contribution in [2.75, 3.05) is 11.9 Å². The second-order valence-electron chi connectivity index (χ2n) is 2.91. The smallest absolute Gasteiger partial charge is 0.216 e. The number of rotatable bonds is 2. The summed E-state index contributed by atoms with van der Waals surface area (Å²) in [5, 5.41) is 0.840. The van der Waals surface area contributed by atoms with Gasteiger partial charge in [-0.1, -0.05) is 34.1 Å². The van der Waals surface area contributed by atoms with E-state index in [1.165, 1.54) is 0 Å². The fourth-order valence-electron chi connectivity index (χ4n) is 1.24. The van der Waals surface area contributed by atoms with Crippen molar-refractivity contribution < 1.29 is 4.74 Å². The topological polar surface area (TPSA) is 21.6 Å².